The average Bonchev–Trinajstić information content (AvgIpc) is 2.53. The number of hydrogen-bond donors (Lipinski definition) is 0. The van der Waals surface area contributed by atoms with E-state index in [1.807, 2.05) is 48.5 Å². The van der Waals surface area contributed by atoms with Gasteiger partial charge in [-0.3, -0.25) is 4.79 Å². The lowest BCUT2D eigenvalue weighted by Crippen LogP contribution is -2.01. The van der Waals surface area contributed by atoms with Gasteiger partial charge < -0.3 is 9.15 Å². The summed E-state index contributed by atoms with van der Waals surface area (Å²) in [6.07, 6.45) is 0. The third-order valence-electron chi connectivity index (χ3n) is 3.74. The van der Waals surface area contributed by atoms with Crippen molar-refractivity contribution in [2.75, 3.05) is 7.11 Å². The molecule has 0 saturated carbocycles. The number of para-hydroxylation sites is 1. The molecular weight excluding hydrogens is 264 g/mol. The number of ether oxygens (including phenoxy) is 1. The van der Waals surface area contributed by atoms with Gasteiger partial charge in [0.05, 0.1) is 17.9 Å². The Balaban J connectivity index is 2.18. The van der Waals surface area contributed by atoms with E-state index in [2.05, 4.69) is 0 Å². The Morgan fingerprint density at radius 3 is 2.57 bits per heavy atom. The van der Waals surface area contributed by atoms with Crippen LogP contribution in [0.4, 0.5) is 0 Å². The van der Waals surface area contributed by atoms with Crippen molar-refractivity contribution in [3.63, 3.8) is 0 Å². The van der Waals surface area contributed by atoms with Crippen molar-refractivity contribution in [1.82, 2.24) is 0 Å². The number of benzene rings is 3. The molecular formula is C18H12O3. The highest BCUT2D eigenvalue weighted by Crippen LogP contribution is 2.26. The van der Waals surface area contributed by atoms with Gasteiger partial charge in [0.15, 0.2) is 0 Å². The molecule has 1 heterocycles. The largest absolute Gasteiger partial charge is 0.497 e. The molecule has 0 saturated heterocycles. The van der Waals surface area contributed by atoms with Gasteiger partial charge in [0.25, 0.3) is 0 Å². The Labute approximate surface area is 120 Å². The molecule has 3 aromatic carbocycles. The minimum Gasteiger partial charge on any atom is -0.497 e. The van der Waals surface area contributed by atoms with Crippen molar-refractivity contribution in [1.29, 1.82) is 0 Å². The quantitative estimate of drug-likeness (QED) is 0.491. The fourth-order valence-corrected chi connectivity index (χ4v) is 2.65. The summed E-state index contributed by atoms with van der Waals surface area (Å²) < 4.78 is 11.1. The van der Waals surface area contributed by atoms with Crippen LogP contribution in [0.15, 0.2) is 63.8 Å². The molecule has 1 aromatic heterocycles. The molecule has 0 unspecified atom stereocenters. The lowest BCUT2D eigenvalue weighted by molar-refractivity contribution is 0.415. The van der Waals surface area contributed by atoms with Gasteiger partial charge in [-0.25, -0.2) is 0 Å². The standard InChI is InChI=1S/C18H12O3/c1-20-13-7-6-11-10-17-15(9-12(11)8-13)18(19)14-4-2-3-5-16(14)21-17/h2-10H,1H3. The predicted octanol–water partition coefficient (Wildman–Crippen LogP) is 4.11. The molecule has 0 spiro atoms. The predicted molar refractivity (Wildman–Crippen MR) is 84.0 cm³/mol. The van der Waals surface area contributed by atoms with E-state index in [-0.39, 0.29) is 5.43 Å². The van der Waals surface area contributed by atoms with Crippen LogP contribution in [0.25, 0.3) is 32.7 Å². The summed E-state index contributed by atoms with van der Waals surface area (Å²) >= 11 is 0. The zero-order valence-electron chi connectivity index (χ0n) is 11.4. The lowest BCUT2D eigenvalue weighted by Gasteiger charge is -2.05. The molecule has 102 valence electrons. The smallest absolute Gasteiger partial charge is 0.200 e. The molecule has 0 aliphatic heterocycles. The van der Waals surface area contributed by atoms with E-state index < -0.39 is 0 Å². The number of fused-ring (bicyclic) bond motifs is 3. The highest BCUT2D eigenvalue weighted by atomic mass is 16.5. The van der Waals surface area contributed by atoms with Crippen LogP contribution in [0.1, 0.15) is 0 Å². The highest BCUT2D eigenvalue weighted by Gasteiger charge is 2.08. The first-order valence-electron chi connectivity index (χ1n) is 6.69. The Hall–Kier alpha value is -2.81. The SMILES string of the molecule is COc1ccc2cc3oc4ccccc4c(=O)c3cc2c1. The average molecular weight is 276 g/mol. The van der Waals surface area contributed by atoms with Crippen LogP contribution in [-0.4, -0.2) is 7.11 Å². The van der Waals surface area contributed by atoms with Gasteiger partial charge in [-0.05, 0) is 47.2 Å². The fourth-order valence-electron chi connectivity index (χ4n) is 2.65. The topological polar surface area (TPSA) is 39.4 Å². The number of methoxy groups -OCH3 is 1. The summed E-state index contributed by atoms with van der Waals surface area (Å²) in [4.78, 5) is 12.6. The van der Waals surface area contributed by atoms with Crippen LogP contribution in [-0.2, 0) is 0 Å². The second-order valence-electron chi connectivity index (χ2n) is 4.99. The Bertz CT molecular complexity index is 1040. The molecule has 3 heteroatoms. The van der Waals surface area contributed by atoms with Gasteiger partial charge in [0.1, 0.15) is 16.9 Å². The van der Waals surface area contributed by atoms with Crippen LogP contribution in [0.5, 0.6) is 5.75 Å². The molecule has 0 aliphatic rings. The molecule has 4 aromatic rings. The molecule has 0 aliphatic carbocycles. The maximum absolute atomic E-state index is 12.6. The van der Waals surface area contributed by atoms with Crippen molar-refractivity contribution in [2.24, 2.45) is 0 Å². The summed E-state index contributed by atoms with van der Waals surface area (Å²) in [6, 6.07) is 16.9. The molecule has 0 N–H and O–H groups in total. The zero-order chi connectivity index (χ0) is 14.4. The molecule has 0 fully saturated rings. The van der Waals surface area contributed by atoms with Crippen molar-refractivity contribution in [3.05, 3.63) is 64.8 Å². The normalized spacial score (nSPS) is 11.3. The van der Waals surface area contributed by atoms with Gasteiger partial charge in [-0.15, -0.1) is 0 Å². The first-order chi connectivity index (χ1) is 10.3. The van der Waals surface area contributed by atoms with Gasteiger partial charge in [0.2, 0.25) is 5.43 Å². The van der Waals surface area contributed by atoms with Crippen LogP contribution in [0.3, 0.4) is 0 Å². The molecule has 4 rings (SSSR count). The van der Waals surface area contributed by atoms with E-state index in [1.54, 1.807) is 13.2 Å². The van der Waals surface area contributed by atoms with E-state index in [4.69, 9.17) is 9.15 Å². The maximum Gasteiger partial charge on any atom is 0.200 e. The van der Waals surface area contributed by atoms with Crippen LogP contribution < -0.4 is 10.2 Å². The first-order valence-corrected chi connectivity index (χ1v) is 6.69. The molecule has 3 nitrogen and oxygen atoms in total. The van der Waals surface area contributed by atoms with Crippen molar-refractivity contribution in [2.45, 2.75) is 0 Å². The highest BCUT2D eigenvalue weighted by molar-refractivity contribution is 5.99. The third kappa shape index (κ3) is 1.78. The molecule has 0 bridgehead atoms. The monoisotopic (exact) mass is 276 g/mol. The first kappa shape index (κ1) is 12.0. The van der Waals surface area contributed by atoms with Crippen LogP contribution in [0, 0.1) is 0 Å². The van der Waals surface area contributed by atoms with E-state index in [0.717, 1.165) is 16.5 Å². The number of hydrogen-bond acceptors (Lipinski definition) is 3. The Kier molecular flexibility index (Phi) is 2.48. The Morgan fingerprint density at radius 1 is 0.857 bits per heavy atom. The van der Waals surface area contributed by atoms with E-state index in [0.29, 0.717) is 21.9 Å². The fraction of sp³-hybridized carbons (Fsp3) is 0.0556. The minimum atomic E-state index is -0.00318. The third-order valence-corrected chi connectivity index (χ3v) is 3.74. The second-order valence-corrected chi connectivity index (χ2v) is 4.99. The minimum absolute atomic E-state index is 0.00318. The molecule has 21 heavy (non-hydrogen) atoms. The van der Waals surface area contributed by atoms with Gasteiger partial charge in [-0.1, -0.05) is 18.2 Å². The maximum atomic E-state index is 12.6. The zero-order valence-corrected chi connectivity index (χ0v) is 11.4. The molecule has 0 atom stereocenters. The van der Waals surface area contributed by atoms with E-state index >= 15 is 0 Å². The summed E-state index contributed by atoms with van der Waals surface area (Å²) in [5.74, 6) is 0.770. The van der Waals surface area contributed by atoms with E-state index in [1.165, 1.54) is 0 Å². The summed E-state index contributed by atoms with van der Waals surface area (Å²) in [6.45, 7) is 0. The van der Waals surface area contributed by atoms with Crippen LogP contribution >= 0.6 is 0 Å². The number of rotatable bonds is 1. The van der Waals surface area contributed by atoms with Gasteiger partial charge >= 0.3 is 0 Å². The lowest BCUT2D eigenvalue weighted by atomic mass is 10.1. The summed E-state index contributed by atoms with van der Waals surface area (Å²) in [5, 5.41) is 3.17. The van der Waals surface area contributed by atoms with Crippen molar-refractivity contribution >= 4 is 32.7 Å². The summed E-state index contributed by atoms with van der Waals surface area (Å²) in [5.41, 5.74) is 1.22. The van der Waals surface area contributed by atoms with Gasteiger partial charge in [-0.2, -0.15) is 0 Å². The second kappa shape index (κ2) is 4.35. The summed E-state index contributed by atoms with van der Waals surface area (Å²) in [7, 11) is 1.63. The Morgan fingerprint density at radius 2 is 1.71 bits per heavy atom. The van der Waals surface area contributed by atoms with Crippen molar-refractivity contribution < 1.29 is 9.15 Å². The van der Waals surface area contributed by atoms with E-state index in [9.17, 15) is 4.79 Å². The van der Waals surface area contributed by atoms with Gasteiger partial charge in [0, 0.05) is 0 Å². The van der Waals surface area contributed by atoms with Crippen LogP contribution in [0.2, 0.25) is 0 Å². The molecule has 0 radical (unpaired) electrons. The molecule has 0 amide bonds. The van der Waals surface area contributed by atoms with Crippen molar-refractivity contribution in [3.8, 4) is 5.75 Å².